The third-order valence-corrected chi connectivity index (χ3v) is 6.12. The molecular formula is C20H23N5OS. The minimum atomic E-state index is -0.200. The van der Waals surface area contributed by atoms with Gasteiger partial charge in [-0.3, -0.25) is 4.79 Å². The van der Waals surface area contributed by atoms with Crippen LogP contribution >= 0.6 is 11.3 Å². The van der Waals surface area contributed by atoms with E-state index in [1.165, 1.54) is 11.6 Å². The van der Waals surface area contributed by atoms with E-state index in [0.29, 0.717) is 6.04 Å². The Morgan fingerprint density at radius 3 is 2.78 bits per heavy atom. The number of thiazole rings is 1. The van der Waals surface area contributed by atoms with Crippen molar-refractivity contribution in [2.75, 3.05) is 32.1 Å². The number of rotatable bonds is 4. The zero-order valence-electron chi connectivity index (χ0n) is 15.8. The van der Waals surface area contributed by atoms with Crippen LogP contribution in [0.4, 0.5) is 5.13 Å². The summed E-state index contributed by atoms with van der Waals surface area (Å²) in [6, 6.07) is 12.2. The smallest absolute Gasteiger partial charge is 0.264 e. The van der Waals surface area contributed by atoms with Crippen LogP contribution in [0.3, 0.4) is 0 Å². The number of aryl methyl sites for hydroxylation is 1. The zero-order valence-corrected chi connectivity index (χ0v) is 16.6. The van der Waals surface area contributed by atoms with Gasteiger partial charge in [-0.2, -0.15) is 5.10 Å². The summed E-state index contributed by atoms with van der Waals surface area (Å²) >= 11 is 1.64. The molecule has 7 heteroatoms. The molecule has 0 spiro atoms. The summed E-state index contributed by atoms with van der Waals surface area (Å²) in [6.45, 7) is 4.06. The van der Waals surface area contributed by atoms with Crippen molar-refractivity contribution in [2.45, 2.75) is 19.4 Å². The summed E-state index contributed by atoms with van der Waals surface area (Å²) < 4.78 is 0. The van der Waals surface area contributed by atoms with Crippen LogP contribution in [0.1, 0.15) is 12.0 Å². The molecule has 3 heterocycles. The summed E-state index contributed by atoms with van der Waals surface area (Å²) in [4.78, 5) is 22.0. The van der Waals surface area contributed by atoms with Gasteiger partial charge in [0, 0.05) is 30.8 Å². The predicted octanol–water partition coefficient (Wildman–Crippen LogP) is 3.01. The highest BCUT2D eigenvalue weighted by atomic mass is 32.1. The highest BCUT2D eigenvalue weighted by Gasteiger charge is 2.27. The highest BCUT2D eigenvalue weighted by Crippen LogP contribution is 2.40. The summed E-state index contributed by atoms with van der Waals surface area (Å²) in [5.41, 5.74) is 3.74. The Kier molecular flexibility index (Phi) is 4.80. The first kappa shape index (κ1) is 17.9. The number of hydrogen-bond acceptors (Lipinski definition) is 6. The van der Waals surface area contributed by atoms with Gasteiger partial charge >= 0.3 is 0 Å². The van der Waals surface area contributed by atoms with Gasteiger partial charge in [0.05, 0.1) is 10.6 Å². The van der Waals surface area contributed by atoms with Crippen molar-refractivity contribution in [3.63, 3.8) is 0 Å². The lowest BCUT2D eigenvalue weighted by Crippen LogP contribution is -2.31. The first-order valence-corrected chi connectivity index (χ1v) is 9.88. The largest absolute Gasteiger partial charge is 0.346 e. The second-order valence-electron chi connectivity index (χ2n) is 7.20. The van der Waals surface area contributed by atoms with E-state index in [1.54, 1.807) is 17.4 Å². The first-order valence-electron chi connectivity index (χ1n) is 9.06. The second-order valence-corrected chi connectivity index (χ2v) is 8.18. The molecular weight excluding hydrogens is 358 g/mol. The van der Waals surface area contributed by atoms with E-state index in [2.05, 4.69) is 59.2 Å². The van der Waals surface area contributed by atoms with E-state index >= 15 is 0 Å². The zero-order chi connectivity index (χ0) is 19.0. The van der Waals surface area contributed by atoms with Crippen molar-refractivity contribution < 1.29 is 0 Å². The van der Waals surface area contributed by atoms with Gasteiger partial charge in [0.2, 0.25) is 0 Å². The quantitative estimate of drug-likeness (QED) is 0.753. The predicted molar refractivity (Wildman–Crippen MR) is 110 cm³/mol. The number of aromatic nitrogens is 3. The molecule has 1 aliphatic rings. The molecule has 1 aromatic carbocycles. The minimum absolute atomic E-state index is 0.200. The summed E-state index contributed by atoms with van der Waals surface area (Å²) in [7, 11) is 4.26. The van der Waals surface area contributed by atoms with E-state index < -0.39 is 0 Å². The Balaban J connectivity index is 1.78. The van der Waals surface area contributed by atoms with Gasteiger partial charge in [-0.1, -0.05) is 35.1 Å². The normalized spacial score (nSPS) is 17.0. The third kappa shape index (κ3) is 3.65. The molecule has 4 rings (SSSR count). The van der Waals surface area contributed by atoms with Gasteiger partial charge < -0.3 is 9.80 Å². The van der Waals surface area contributed by atoms with Gasteiger partial charge in [-0.15, -0.1) is 0 Å². The van der Waals surface area contributed by atoms with Crippen LogP contribution in [0.5, 0.6) is 0 Å². The SMILES string of the molecule is Cc1cccc(-c2nc(N3CCC(N(C)C)C3)sc2-c2ccc(=O)[nH]n2)c1. The van der Waals surface area contributed by atoms with E-state index in [1.807, 2.05) is 6.07 Å². The fourth-order valence-electron chi connectivity index (χ4n) is 3.41. The molecule has 0 amide bonds. The topological polar surface area (TPSA) is 65.1 Å². The monoisotopic (exact) mass is 381 g/mol. The van der Waals surface area contributed by atoms with Gasteiger partial charge in [-0.05, 0) is 39.6 Å². The third-order valence-electron chi connectivity index (χ3n) is 4.98. The molecule has 1 saturated heterocycles. The average molecular weight is 382 g/mol. The Hall–Kier alpha value is -2.51. The number of likely N-dealkylation sites (N-methyl/N-ethyl adjacent to an activating group) is 1. The molecule has 0 saturated carbocycles. The second kappa shape index (κ2) is 7.25. The van der Waals surface area contributed by atoms with E-state index in [9.17, 15) is 4.79 Å². The standard InChI is InChI=1S/C20H23N5OS/c1-13-5-4-6-14(11-13)18-19(16-7-8-17(26)23-22-16)27-20(21-18)25-10-9-15(12-25)24(2)3/h4-8,11,15H,9-10,12H2,1-3H3,(H,23,26). The molecule has 2 aromatic heterocycles. The molecule has 1 unspecified atom stereocenters. The van der Waals surface area contributed by atoms with Crippen molar-refractivity contribution in [1.29, 1.82) is 0 Å². The van der Waals surface area contributed by atoms with E-state index in [0.717, 1.165) is 46.5 Å². The van der Waals surface area contributed by atoms with Crippen LogP contribution in [0, 0.1) is 6.92 Å². The molecule has 140 valence electrons. The minimum Gasteiger partial charge on any atom is -0.346 e. The maximum atomic E-state index is 11.4. The van der Waals surface area contributed by atoms with Crippen molar-refractivity contribution in [3.8, 4) is 21.8 Å². The molecule has 6 nitrogen and oxygen atoms in total. The fraction of sp³-hybridized carbons (Fsp3) is 0.350. The van der Waals surface area contributed by atoms with Crippen LogP contribution in [-0.2, 0) is 0 Å². The molecule has 1 aliphatic heterocycles. The maximum absolute atomic E-state index is 11.4. The number of hydrogen-bond donors (Lipinski definition) is 1. The van der Waals surface area contributed by atoms with Crippen LogP contribution in [0.2, 0.25) is 0 Å². The molecule has 1 atom stereocenters. The molecule has 1 N–H and O–H groups in total. The van der Waals surface area contributed by atoms with E-state index in [4.69, 9.17) is 4.98 Å². The lowest BCUT2D eigenvalue weighted by molar-refractivity contribution is 0.315. The molecule has 27 heavy (non-hydrogen) atoms. The van der Waals surface area contributed by atoms with Crippen LogP contribution in [0.25, 0.3) is 21.8 Å². The van der Waals surface area contributed by atoms with Crippen molar-refractivity contribution in [2.24, 2.45) is 0 Å². The Bertz CT molecular complexity index is 989. The van der Waals surface area contributed by atoms with E-state index in [-0.39, 0.29) is 5.56 Å². The van der Waals surface area contributed by atoms with Crippen LogP contribution in [0.15, 0.2) is 41.2 Å². The summed E-state index contributed by atoms with van der Waals surface area (Å²) in [6.07, 6.45) is 1.14. The lowest BCUT2D eigenvalue weighted by atomic mass is 10.1. The van der Waals surface area contributed by atoms with Gasteiger partial charge in [0.15, 0.2) is 5.13 Å². The molecule has 1 fully saturated rings. The Morgan fingerprint density at radius 2 is 2.11 bits per heavy atom. The number of benzene rings is 1. The fourth-order valence-corrected chi connectivity index (χ4v) is 4.51. The average Bonchev–Trinajstić information content (AvgIpc) is 3.30. The van der Waals surface area contributed by atoms with Crippen LogP contribution < -0.4 is 10.5 Å². The summed E-state index contributed by atoms with van der Waals surface area (Å²) in [5, 5.41) is 7.80. The number of anilines is 1. The van der Waals surface area contributed by atoms with Crippen molar-refractivity contribution >= 4 is 16.5 Å². The first-order chi connectivity index (χ1) is 13.0. The molecule has 0 aliphatic carbocycles. The Labute approximate surface area is 162 Å². The maximum Gasteiger partial charge on any atom is 0.264 e. The van der Waals surface area contributed by atoms with Crippen LogP contribution in [-0.4, -0.2) is 53.3 Å². The van der Waals surface area contributed by atoms with Gasteiger partial charge in [-0.25, -0.2) is 10.1 Å². The van der Waals surface area contributed by atoms with Gasteiger partial charge in [0.25, 0.3) is 5.56 Å². The summed E-state index contributed by atoms with van der Waals surface area (Å²) in [5.74, 6) is 0. The molecule has 0 bridgehead atoms. The highest BCUT2D eigenvalue weighted by molar-refractivity contribution is 7.19. The molecule has 3 aromatic rings. The Morgan fingerprint density at radius 1 is 1.26 bits per heavy atom. The van der Waals surface area contributed by atoms with Gasteiger partial charge in [0.1, 0.15) is 5.69 Å². The number of aromatic amines is 1. The van der Waals surface area contributed by atoms with Crippen molar-refractivity contribution in [3.05, 3.63) is 52.3 Å². The lowest BCUT2D eigenvalue weighted by Gasteiger charge is -2.19. The van der Waals surface area contributed by atoms with Crippen molar-refractivity contribution in [1.82, 2.24) is 20.1 Å². The number of nitrogens with zero attached hydrogens (tertiary/aromatic N) is 4. The number of nitrogens with one attached hydrogen (secondary N) is 1. The molecule has 0 radical (unpaired) electrons. The number of H-pyrrole nitrogens is 1.